The van der Waals surface area contributed by atoms with Crippen molar-refractivity contribution in [2.24, 2.45) is 5.84 Å². The maximum absolute atomic E-state index is 11.2. The Balaban J connectivity index is 4.30. The van der Waals surface area contributed by atoms with E-state index in [0.717, 1.165) is 13.0 Å². The standard InChI is InChI=1S/C11H25N3O2/c1-5-9(2)14(6-7-16-4)10(3)8-11(15)13-12/h9-10H,5-8,12H2,1-4H3,(H,13,15). The van der Waals surface area contributed by atoms with Gasteiger partial charge in [0.1, 0.15) is 0 Å². The molecule has 96 valence electrons. The number of nitrogens with two attached hydrogens (primary N) is 1. The molecule has 0 saturated carbocycles. The Morgan fingerprint density at radius 2 is 2.06 bits per heavy atom. The van der Waals surface area contributed by atoms with Crippen LogP contribution in [0.5, 0.6) is 0 Å². The number of methoxy groups -OCH3 is 1. The highest BCUT2D eigenvalue weighted by Gasteiger charge is 2.20. The number of carbonyl (C=O) groups excluding carboxylic acids is 1. The van der Waals surface area contributed by atoms with Crippen LogP contribution < -0.4 is 11.3 Å². The van der Waals surface area contributed by atoms with Crippen LogP contribution in [0.4, 0.5) is 0 Å². The number of rotatable bonds is 8. The number of hydrogen-bond acceptors (Lipinski definition) is 4. The van der Waals surface area contributed by atoms with Gasteiger partial charge in [-0.15, -0.1) is 0 Å². The predicted molar refractivity (Wildman–Crippen MR) is 64.7 cm³/mol. The van der Waals surface area contributed by atoms with Gasteiger partial charge in [-0.2, -0.15) is 0 Å². The van der Waals surface area contributed by atoms with Crippen molar-refractivity contribution in [3.63, 3.8) is 0 Å². The van der Waals surface area contributed by atoms with Gasteiger partial charge in [-0.05, 0) is 20.3 Å². The summed E-state index contributed by atoms with van der Waals surface area (Å²) >= 11 is 0. The van der Waals surface area contributed by atoms with Gasteiger partial charge in [0.15, 0.2) is 0 Å². The molecule has 0 aromatic carbocycles. The second-order valence-corrected chi connectivity index (χ2v) is 4.11. The van der Waals surface area contributed by atoms with E-state index in [9.17, 15) is 4.79 Å². The van der Waals surface area contributed by atoms with E-state index in [1.54, 1.807) is 7.11 Å². The fourth-order valence-corrected chi connectivity index (χ4v) is 1.75. The summed E-state index contributed by atoms with van der Waals surface area (Å²) in [6, 6.07) is 0.615. The molecule has 0 aliphatic heterocycles. The zero-order valence-corrected chi connectivity index (χ0v) is 10.8. The number of carbonyl (C=O) groups is 1. The number of hydrogen-bond donors (Lipinski definition) is 2. The number of hydrazine groups is 1. The van der Waals surface area contributed by atoms with Gasteiger partial charge < -0.3 is 4.74 Å². The van der Waals surface area contributed by atoms with Gasteiger partial charge in [-0.25, -0.2) is 5.84 Å². The molecule has 3 N–H and O–H groups in total. The second-order valence-electron chi connectivity index (χ2n) is 4.11. The van der Waals surface area contributed by atoms with Crippen LogP contribution in [0.3, 0.4) is 0 Å². The molecule has 2 atom stereocenters. The first-order valence-corrected chi connectivity index (χ1v) is 5.80. The molecule has 0 fully saturated rings. The molecule has 16 heavy (non-hydrogen) atoms. The first-order valence-electron chi connectivity index (χ1n) is 5.80. The molecular weight excluding hydrogens is 206 g/mol. The lowest BCUT2D eigenvalue weighted by Gasteiger charge is -2.33. The fraction of sp³-hybridized carbons (Fsp3) is 0.909. The molecule has 0 aromatic rings. The minimum absolute atomic E-state index is 0.127. The minimum atomic E-state index is -0.127. The average molecular weight is 231 g/mol. The number of amides is 1. The summed E-state index contributed by atoms with van der Waals surface area (Å²) in [6.45, 7) is 7.85. The Labute approximate surface area is 98.3 Å². The Bertz CT molecular complexity index is 200. The highest BCUT2D eigenvalue weighted by atomic mass is 16.5. The molecule has 2 unspecified atom stereocenters. The van der Waals surface area contributed by atoms with E-state index in [2.05, 4.69) is 24.2 Å². The molecule has 0 spiro atoms. The smallest absolute Gasteiger partial charge is 0.235 e. The molecule has 0 radical (unpaired) electrons. The Morgan fingerprint density at radius 1 is 1.44 bits per heavy atom. The van der Waals surface area contributed by atoms with E-state index >= 15 is 0 Å². The first-order chi connectivity index (χ1) is 7.56. The van der Waals surface area contributed by atoms with Crippen LogP contribution in [0.15, 0.2) is 0 Å². The molecule has 5 nitrogen and oxygen atoms in total. The highest BCUT2D eigenvalue weighted by Crippen LogP contribution is 2.11. The van der Waals surface area contributed by atoms with Gasteiger partial charge in [0, 0.05) is 32.2 Å². The van der Waals surface area contributed by atoms with Gasteiger partial charge in [0.2, 0.25) is 5.91 Å². The maximum Gasteiger partial charge on any atom is 0.235 e. The Morgan fingerprint density at radius 3 is 2.50 bits per heavy atom. The molecule has 5 heteroatoms. The summed E-state index contributed by atoms with van der Waals surface area (Å²) in [4.78, 5) is 13.5. The number of nitrogens with one attached hydrogen (secondary N) is 1. The Hall–Kier alpha value is -0.650. The van der Waals surface area contributed by atoms with Gasteiger partial charge in [0.25, 0.3) is 0 Å². The van der Waals surface area contributed by atoms with Crippen molar-refractivity contribution >= 4 is 5.91 Å². The summed E-state index contributed by atoms with van der Waals surface area (Å²) in [5.41, 5.74) is 2.17. The lowest BCUT2D eigenvalue weighted by molar-refractivity contribution is -0.122. The van der Waals surface area contributed by atoms with Crippen LogP contribution in [0.25, 0.3) is 0 Å². The second kappa shape index (κ2) is 8.50. The van der Waals surface area contributed by atoms with Crippen molar-refractivity contribution in [1.82, 2.24) is 10.3 Å². The van der Waals surface area contributed by atoms with E-state index < -0.39 is 0 Å². The van der Waals surface area contributed by atoms with E-state index in [0.29, 0.717) is 19.1 Å². The van der Waals surface area contributed by atoms with Crippen molar-refractivity contribution in [1.29, 1.82) is 0 Å². The van der Waals surface area contributed by atoms with Crippen molar-refractivity contribution in [3.8, 4) is 0 Å². The predicted octanol–water partition coefficient (Wildman–Crippen LogP) is 0.502. The summed E-state index contributed by atoms with van der Waals surface area (Å²) < 4.78 is 5.08. The fourth-order valence-electron chi connectivity index (χ4n) is 1.75. The third-order valence-electron chi connectivity index (χ3n) is 2.92. The molecule has 0 bridgehead atoms. The zero-order valence-electron chi connectivity index (χ0n) is 10.8. The van der Waals surface area contributed by atoms with Gasteiger partial charge in [-0.1, -0.05) is 6.92 Å². The summed E-state index contributed by atoms with van der Waals surface area (Å²) in [5.74, 6) is 4.96. The largest absolute Gasteiger partial charge is 0.383 e. The Kier molecular flexibility index (Phi) is 8.15. The summed E-state index contributed by atoms with van der Waals surface area (Å²) in [5, 5.41) is 0. The van der Waals surface area contributed by atoms with Crippen molar-refractivity contribution < 1.29 is 9.53 Å². The summed E-state index contributed by atoms with van der Waals surface area (Å²) in [6.07, 6.45) is 1.48. The van der Waals surface area contributed by atoms with Crippen molar-refractivity contribution in [3.05, 3.63) is 0 Å². The normalized spacial score (nSPS) is 14.9. The van der Waals surface area contributed by atoms with Gasteiger partial charge in [-0.3, -0.25) is 15.1 Å². The lowest BCUT2D eigenvalue weighted by atomic mass is 10.1. The van der Waals surface area contributed by atoms with Crippen LogP contribution in [0.2, 0.25) is 0 Å². The SMILES string of the molecule is CCC(C)N(CCOC)C(C)CC(=O)NN. The van der Waals surface area contributed by atoms with Gasteiger partial charge in [0.05, 0.1) is 6.61 Å². The van der Waals surface area contributed by atoms with E-state index in [-0.39, 0.29) is 11.9 Å². The third kappa shape index (κ3) is 5.44. The average Bonchev–Trinajstić information content (AvgIpc) is 2.28. The topological polar surface area (TPSA) is 67.6 Å². The maximum atomic E-state index is 11.2. The van der Waals surface area contributed by atoms with Crippen molar-refractivity contribution in [2.45, 2.75) is 45.7 Å². The molecule has 1 amide bonds. The highest BCUT2D eigenvalue weighted by molar-refractivity contribution is 5.75. The van der Waals surface area contributed by atoms with Crippen molar-refractivity contribution in [2.75, 3.05) is 20.3 Å². The van der Waals surface area contributed by atoms with E-state index in [4.69, 9.17) is 10.6 Å². The van der Waals surface area contributed by atoms with Crippen LogP contribution in [0.1, 0.15) is 33.6 Å². The minimum Gasteiger partial charge on any atom is -0.383 e. The zero-order chi connectivity index (χ0) is 12.6. The summed E-state index contributed by atoms with van der Waals surface area (Å²) in [7, 11) is 1.69. The van der Waals surface area contributed by atoms with Gasteiger partial charge >= 0.3 is 0 Å². The molecule has 0 aliphatic rings. The van der Waals surface area contributed by atoms with E-state index in [1.165, 1.54) is 0 Å². The first kappa shape index (κ1) is 15.3. The lowest BCUT2D eigenvalue weighted by Crippen LogP contribution is -2.45. The molecule has 0 heterocycles. The molecule has 0 aliphatic carbocycles. The van der Waals surface area contributed by atoms with Crippen LogP contribution in [0, 0.1) is 0 Å². The molecular formula is C11H25N3O2. The number of nitrogens with zero attached hydrogens (tertiary/aromatic N) is 1. The third-order valence-corrected chi connectivity index (χ3v) is 2.92. The number of ether oxygens (including phenoxy) is 1. The van der Waals surface area contributed by atoms with Crippen LogP contribution in [-0.2, 0) is 9.53 Å². The molecule has 0 rings (SSSR count). The molecule has 0 aromatic heterocycles. The van der Waals surface area contributed by atoms with Crippen LogP contribution >= 0.6 is 0 Å². The van der Waals surface area contributed by atoms with E-state index in [1.807, 2.05) is 6.92 Å². The molecule has 0 saturated heterocycles. The van der Waals surface area contributed by atoms with Crippen LogP contribution in [-0.4, -0.2) is 43.2 Å². The quantitative estimate of drug-likeness (QED) is 0.363. The monoisotopic (exact) mass is 231 g/mol.